The molecule has 116 valence electrons. The third-order valence-corrected chi connectivity index (χ3v) is 3.90. The molecule has 2 heterocycles. The molecule has 1 aliphatic rings. The summed E-state index contributed by atoms with van der Waals surface area (Å²) < 4.78 is 13.8. The lowest BCUT2D eigenvalue weighted by Gasteiger charge is -2.33. The maximum atomic E-state index is 13.8. The molecule has 0 radical (unpaired) electrons. The molecule has 1 atom stereocenters. The van der Waals surface area contributed by atoms with Gasteiger partial charge in [-0.2, -0.15) is 0 Å². The smallest absolute Gasteiger partial charge is 0.131 e. The number of likely N-dealkylation sites (tertiary alicyclic amines) is 1. The zero-order valence-electron chi connectivity index (χ0n) is 12.4. The lowest BCUT2D eigenvalue weighted by Crippen LogP contribution is -2.41. The summed E-state index contributed by atoms with van der Waals surface area (Å²) >= 11 is 0. The Bertz CT molecular complexity index is 633. The van der Waals surface area contributed by atoms with Crippen molar-refractivity contribution in [3.8, 4) is 0 Å². The number of hydrogen-bond acceptors (Lipinski definition) is 5. The Morgan fingerprint density at radius 3 is 3.00 bits per heavy atom. The topological polar surface area (TPSA) is 67.1 Å². The minimum absolute atomic E-state index is 0.138. The van der Waals surface area contributed by atoms with Gasteiger partial charge in [0.2, 0.25) is 0 Å². The van der Waals surface area contributed by atoms with Gasteiger partial charge in [-0.3, -0.25) is 4.90 Å². The third-order valence-electron chi connectivity index (χ3n) is 3.90. The van der Waals surface area contributed by atoms with E-state index in [1.54, 1.807) is 12.1 Å². The van der Waals surface area contributed by atoms with E-state index in [1.165, 1.54) is 12.4 Å². The Balaban J connectivity index is 1.61. The predicted molar refractivity (Wildman–Crippen MR) is 84.8 cm³/mol. The van der Waals surface area contributed by atoms with E-state index >= 15 is 0 Å². The van der Waals surface area contributed by atoms with E-state index in [0.717, 1.165) is 37.3 Å². The Labute approximate surface area is 129 Å². The maximum absolute atomic E-state index is 13.8. The monoisotopic (exact) mass is 301 g/mol. The fourth-order valence-electron chi connectivity index (χ4n) is 2.84. The molecule has 3 N–H and O–H groups in total. The van der Waals surface area contributed by atoms with Crippen molar-refractivity contribution in [2.45, 2.75) is 25.4 Å². The van der Waals surface area contributed by atoms with Crippen LogP contribution in [-0.2, 0) is 6.54 Å². The molecule has 0 amide bonds. The highest BCUT2D eigenvalue weighted by molar-refractivity contribution is 5.44. The number of nitrogens with two attached hydrogens (primary N) is 1. The van der Waals surface area contributed by atoms with Crippen molar-refractivity contribution in [2.75, 3.05) is 24.1 Å². The number of rotatable bonds is 4. The molecule has 1 fully saturated rings. The van der Waals surface area contributed by atoms with Gasteiger partial charge < -0.3 is 11.1 Å². The average molecular weight is 301 g/mol. The summed E-state index contributed by atoms with van der Waals surface area (Å²) in [6, 6.07) is 8.97. The first-order valence-electron chi connectivity index (χ1n) is 7.50. The van der Waals surface area contributed by atoms with Crippen LogP contribution in [0.15, 0.2) is 36.7 Å². The molecule has 0 aliphatic carbocycles. The quantitative estimate of drug-likeness (QED) is 0.907. The first kappa shape index (κ1) is 14.7. The van der Waals surface area contributed by atoms with E-state index in [-0.39, 0.29) is 11.9 Å². The summed E-state index contributed by atoms with van der Waals surface area (Å²) in [5.41, 5.74) is 6.41. The number of aromatic nitrogens is 2. The summed E-state index contributed by atoms with van der Waals surface area (Å²) in [4.78, 5) is 10.3. The Kier molecular flexibility index (Phi) is 4.48. The van der Waals surface area contributed by atoms with Crippen molar-refractivity contribution < 1.29 is 4.39 Å². The molecule has 1 aliphatic heterocycles. The zero-order valence-corrected chi connectivity index (χ0v) is 12.4. The van der Waals surface area contributed by atoms with Crippen LogP contribution in [-0.4, -0.2) is 34.0 Å². The first-order chi connectivity index (χ1) is 10.7. The van der Waals surface area contributed by atoms with Crippen molar-refractivity contribution in [2.24, 2.45) is 0 Å². The van der Waals surface area contributed by atoms with Crippen molar-refractivity contribution in [3.63, 3.8) is 0 Å². The summed E-state index contributed by atoms with van der Waals surface area (Å²) in [6.07, 6.45) is 3.60. The van der Waals surface area contributed by atoms with Gasteiger partial charge >= 0.3 is 0 Å². The highest BCUT2D eigenvalue weighted by atomic mass is 19.1. The van der Waals surface area contributed by atoms with Gasteiger partial charge in [0.05, 0.1) is 0 Å². The Morgan fingerprint density at radius 1 is 1.32 bits per heavy atom. The number of piperidine rings is 1. The highest BCUT2D eigenvalue weighted by Gasteiger charge is 2.21. The molecule has 5 nitrogen and oxygen atoms in total. The summed E-state index contributed by atoms with van der Waals surface area (Å²) in [5, 5.41) is 3.39. The van der Waals surface area contributed by atoms with Crippen LogP contribution in [0.3, 0.4) is 0 Å². The van der Waals surface area contributed by atoms with Crippen LogP contribution in [0.2, 0.25) is 0 Å². The van der Waals surface area contributed by atoms with Crippen molar-refractivity contribution in [1.82, 2.24) is 14.9 Å². The fraction of sp³-hybridized carbons (Fsp3) is 0.375. The van der Waals surface area contributed by atoms with Crippen molar-refractivity contribution >= 4 is 11.6 Å². The number of nitrogens with one attached hydrogen (secondary N) is 1. The van der Waals surface area contributed by atoms with E-state index in [4.69, 9.17) is 5.73 Å². The lowest BCUT2D eigenvalue weighted by molar-refractivity contribution is 0.206. The van der Waals surface area contributed by atoms with Gasteiger partial charge in [0.25, 0.3) is 0 Å². The van der Waals surface area contributed by atoms with Gasteiger partial charge in [0, 0.05) is 30.8 Å². The molecule has 1 saturated heterocycles. The summed E-state index contributed by atoms with van der Waals surface area (Å²) in [5.74, 6) is 1.06. The average Bonchev–Trinajstić information content (AvgIpc) is 2.50. The van der Waals surface area contributed by atoms with Crippen LogP contribution in [0.1, 0.15) is 18.4 Å². The molecule has 0 bridgehead atoms. The SMILES string of the molecule is Nc1cc(N[C@@H]2CCCN(Cc3ccccc3F)C2)ncn1. The van der Waals surface area contributed by atoms with Gasteiger partial charge in [0.15, 0.2) is 0 Å². The number of anilines is 2. The fourth-order valence-corrected chi connectivity index (χ4v) is 2.84. The van der Waals surface area contributed by atoms with Crippen molar-refractivity contribution in [3.05, 3.63) is 48.0 Å². The molecule has 1 aromatic heterocycles. The summed E-state index contributed by atoms with van der Waals surface area (Å²) in [7, 11) is 0. The van der Waals surface area contributed by atoms with Gasteiger partial charge in [0.1, 0.15) is 23.8 Å². The van der Waals surface area contributed by atoms with E-state index in [9.17, 15) is 4.39 Å². The third kappa shape index (κ3) is 3.71. The van der Waals surface area contributed by atoms with Gasteiger partial charge in [-0.15, -0.1) is 0 Å². The highest BCUT2D eigenvalue weighted by Crippen LogP contribution is 2.18. The Morgan fingerprint density at radius 2 is 2.18 bits per heavy atom. The van der Waals surface area contributed by atoms with Crippen LogP contribution < -0.4 is 11.1 Å². The molecule has 22 heavy (non-hydrogen) atoms. The van der Waals surface area contributed by atoms with Crippen molar-refractivity contribution in [1.29, 1.82) is 0 Å². The molecule has 6 heteroatoms. The number of benzene rings is 1. The number of hydrogen-bond donors (Lipinski definition) is 2. The molecule has 3 rings (SSSR count). The van der Waals surface area contributed by atoms with Crippen LogP contribution in [0.4, 0.5) is 16.0 Å². The largest absolute Gasteiger partial charge is 0.384 e. The van der Waals surface area contributed by atoms with Crippen LogP contribution in [0, 0.1) is 5.82 Å². The van der Waals surface area contributed by atoms with E-state index in [2.05, 4.69) is 20.2 Å². The van der Waals surface area contributed by atoms with Crippen LogP contribution in [0.25, 0.3) is 0 Å². The molecule has 2 aromatic rings. The van der Waals surface area contributed by atoms with Gasteiger partial charge in [-0.05, 0) is 25.5 Å². The Hall–Kier alpha value is -2.21. The minimum Gasteiger partial charge on any atom is -0.384 e. The summed E-state index contributed by atoms with van der Waals surface area (Å²) in [6.45, 7) is 2.48. The van der Waals surface area contributed by atoms with E-state index in [0.29, 0.717) is 12.4 Å². The molecule has 0 unspecified atom stereocenters. The van der Waals surface area contributed by atoms with Crippen LogP contribution in [0.5, 0.6) is 0 Å². The molecular formula is C16H20FN5. The molecule has 1 aromatic carbocycles. The van der Waals surface area contributed by atoms with E-state index < -0.39 is 0 Å². The van der Waals surface area contributed by atoms with Gasteiger partial charge in [-0.25, -0.2) is 14.4 Å². The molecule has 0 saturated carbocycles. The number of halogens is 1. The standard InChI is InChI=1S/C16H20FN5/c17-14-6-2-1-4-12(14)9-22-7-3-5-13(10-22)21-16-8-15(18)19-11-20-16/h1-2,4,6,8,11,13H,3,5,7,9-10H2,(H3,18,19,20,21)/t13-/m1/s1. The molecule has 0 spiro atoms. The second-order valence-corrected chi connectivity index (χ2v) is 5.64. The second-order valence-electron chi connectivity index (χ2n) is 5.64. The minimum atomic E-state index is -0.138. The van der Waals surface area contributed by atoms with Gasteiger partial charge in [-0.1, -0.05) is 18.2 Å². The first-order valence-corrected chi connectivity index (χ1v) is 7.50. The van der Waals surface area contributed by atoms with E-state index in [1.807, 2.05) is 12.1 Å². The normalized spacial score (nSPS) is 19.0. The maximum Gasteiger partial charge on any atom is 0.131 e. The number of nitrogens with zero attached hydrogens (tertiary/aromatic N) is 3. The molecular weight excluding hydrogens is 281 g/mol. The van der Waals surface area contributed by atoms with Crippen LogP contribution >= 0.6 is 0 Å². The number of nitrogen functional groups attached to an aromatic ring is 1. The zero-order chi connectivity index (χ0) is 15.4. The lowest BCUT2D eigenvalue weighted by atomic mass is 10.0. The predicted octanol–water partition coefficient (Wildman–Crippen LogP) is 2.27. The second kappa shape index (κ2) is 6.70.